The quantitative estimate of drug-likeness (QED) is 0.610. The molecular weight excluding hydrogens is 452 g/mol. The molecule has 0 amide bonds. The molecule has 1 fully saturated rings. The molecule has 3 aliphatic rings. The fourth-order valence-corrected chi connectivity index (χ4v) is 5.96. The molecule has 1 aromatic carbocycles. The highest BCUT2D eigenvalue weighted by atomic mass is 32.1. The zero-order valence-electron chi connectivity index (χ0n) is 19.5. The van der Waals surface area contributed by atoms with Crippen LogP contribution in [0, 0.1) is 5.92 Å². The van der Waals surface area contributed by atoms with Crippen LogP contribution in [0.5, 0.6) is 5.75 Å². The Morgan fingerprint density at radius 2 is 2.12 bits per heavy atom. The van der Waals surface area contributed by atoms with E-state index in [1.54, 1.807) is 36.0 Å². The molecule has 3 atom stereocenters. The van der Waals surface area contributed by atoms with Gasteiger partial charge in [0.1, 0.15) is 18.2 Å². The third-order valence-electron chi connectivity index (χ3n) is 6.84. The van der Waals surface area contributed by atoms with Gasteiger partial charge >= 0.3 is 0 Å². The minimum absolute atomic E-state index is 0.0447. The molecule has 3 aliphatic heterocycles. The maximum atomic E-state index is 6.58. The van der Waals surface area contributed by atoms with E-state index in [0.717, 1.165) is 47.2 Å². The van der Waals surface area contributed by atoms with Crippen molar-refractivity contribution in [3.8, 4) is 22.1 Å². The Kier molecular flexibility index (Phi) is 4.94. The van der Waals surface area contributed by atoms with Crippen LogP contribution in [0.2, 0.25) is 0 Å². The Morgan fingerprint density at radius 1 is 1.24 bits per heavy atom. The summed E-state index contributed by atoms with van der Waals surface area (Å²) in [4.78, 5) is 20.0. The first-order chi connectivity index (χ1) is 16.3. The van der Waals surface area contributed by atoms with Crippen LogP contribution in [0.1, 0.15) is 38.7 Å². The van der Waals surface area contributed by atoms with Crippen molar-refractivity contribution in [2.24, 2.45) is 16.6 Å². The van der Waals surface area contributed by atoms with Gasteiger partial charge in [-0.25, -0.2) is 24.9 Å². The number of hydroxylamine groups is 2. The number of thiazole rings is 1. The van der Waals surface area contributed by atoms with Crippen molar-refractivity contribution in [3.63, 3.8) is 0 Å². The average Bonchev–Trinajstić information content (AvgIpc) is 3.54. The largest absolute Gasteiger partial charge is 0.489 e. The molecule has 10 heteroatoms. The van der Waals surface area contributed by atoms with E-state index in [4.69, 9.17) is 30.0 Å². The fraction of sp³-hybridized carbons (Fsp3) is 0.458. The number of aromatic nitrogens is 3. The molecule has 0 bridgehead atoms. The Hall–Kier alpha value is -2.95. The number of fused-ring (bicyclic) bond motifs is 2. The van der Waals surface area contributed by atoms with Crippen molar-refractivity contribution in [3.05, 3.63) is 47.9 Å². The van der Waals surface area contributed by atoms with Crippen molar-refractivity contribution >= 4 is 17.3 Å². The first-order valence-electron chi connectivity index (χ1n) is 11.5. The summed E-state index contributed by atoms with van der Waals surface area (Å²) >= 11 is 1.56. The maximum absolute atomic E-state index is 6.58. The summed E-state index contributed by atoms with van der Waals surface area (Å²) in [5.74, 6) is 1.48. The summed E-state index contributed by atoms with van der Waals surface area (Å²) in [6, 6.07) is 6.12. The van der Waals surface area contributed by atoms with Crippen molar-refractivity contribution in [1.29, 1.82) is 0 Å². The van der Waals surface area contributed by atoms with Crippen LogP contribution in [0.15, 0.2) is 47.3 Å². The molecule has 0 radical (unpaired) electrons. The van der Waals surface area contributed by atoms with Gasteiger partial charge < -0.3 is 15.2 Å². The molecular formula is C24H28N6O3S. The topological polar surface area (TPSA) is 100 Å². The lowest BCUT2D eigenvalue weighted by Crippen LogP contribution is -2.46. The number of aliphatic imine (C=N–C) groups is 1. The summed E-state index contributed by atoms with van der Waals surface area (Å²) in [6.07, 6.45) is 7.79. The van der Waals surface area contributed by atoms with E-state index >= 15 is 0 Å². The molecule has 1 saturated heterocycles. The molecule has 5 heterocycles. The van der Waals surface area contributed by atoms with Gasteiger partial charge in [-0.05, 0) is 44.9 Å². The second-order valence-corrected chi connectivity index (χ2v) is 10.6. The first kappa shape index (κ1) is 21.6. The van der Waals surface area contributed by atoms with Gasteiger partial charge in [0, 0.05) is 49.3 Å². The number of imidazole rings is 1. The van der Waals surface area contributed by atoms with E-state index in [-0.39, 0.29) is 11.7 Å². The molecule has 0 saturated carbocycles. The molecule has 6 rings (SSSR count). The third-order valence-corrected chi connectivity index (χ3v) is 7.69. The zero-order chi connectivity index (χ0) is 23.5. The normalized spacial score (nSPS) is 28.0. The van der Waals surface area contributed by atoms with E-state index in [9.17, 15) is 0 Å². The number of ether oxygens (including phenoxy) is 2. The third kappa shape index (κ3) is 3.66. The number of nitrogens with zero attached hydrogens (tertiary/aromatic N) is 5. The molecule has 0 aliphatic carbocycles. The molecule has 1 spiro atoms. The van der Waals surface area contributed by atoms with E-state index in [0.29, 0.717) is 18.3 Å². The maximum Gasteiger partial charge on any atom is 0.221 e. The van der Waals surface area contributed by atoms with Crippen LogP contribution in [-0.4, -0.2) is 50.9 Å². The SMILES string of the molecule is CN1OC2(CC(C3CCOC(C)(C)C3)Oc3ccc(-c4csc(-n5ccnc5)n4)cc32)N=C1N. The van der Waals surface area contributed by atoms with Crippen molar-refractivity contribution in [2.45, 2.75) is 50.5 Å². The zero-order valence-corrected chi connectivity index (χ0v) is 20.3. The number of rotatable bonds is 3. The molecule has 2 N–H and O–H groups in total. The van der Waals surface area contributed by atoms with Gasteiger partial charge in [-0.1, -0.05) is 0 Å². The van der Waals surface area contributed by atoms with Crippen LogP contribution >= 0.6 is 11.3 Å². The van der Waals surface area contributed by atoms with Gasteiger partial charge in [0.2, 0.25) is 11.7 Å². The Bertz CT molecular complexity index is 1240. The highest BCUT2D eigenvalue weighted by molar-refractivity contribution is 7.12. The van der Waals surface area contributed by atoms with Gasteiger partial charge in [0.25, 0.3) is 0 Å². The summed E-state index contributed by atoms with van der Waals surface area (Å²) in [5.41, 5.74) is 7.82. The number of hydrogen-bond acceptors (Lipinski definition) is 9. The summed E-state index contributed by atoms with van der Waals surface area (Å²) < 4.78 is 14.4. The molecule has 34 heavy (non-hydrogen) atoms. The Labute approximate surface area is 202 Å². The van der Waals surface area contributed by atoms with Gasteiger partial charge in [-0.3, -0.25) is 4.57 Å². The number of guanidine groups is 1. The van der Waals surface area contributed by atoms with Crippen molar-refractivity contribution in [1.82, 2.24) is 19.6 Å². The van der Waals surface area contributed by atoms with Crippen LogP contribution in [0.3, 0.4) is 0 Å². The monoisotopic (exact) mass is 480 g/mol. The fourth-order valence-electron chi connectivity index (χ4n) is 5.17. The van der Waals surface area contributed by atoms with Gasteiger partial charge in [-0.2, -0.15) is 0 Å². The average molecular weight is 481 g/mol. The highest BCUT2D eigenvalue weighted by Gasteiger charge is 2.51. The second kappa shape index (κ2) is 7.79. The van der Waals surface area contributed by atoms with E-state index in [1.807, 2.05) is 28.3 Å². The molecule has 3 aromatic rings. The first-order valence-corrected chi connectivity index (χ1v) is 12.4. The predicted molar refractivity (Wildman–Crippen MR) is 129 cm³/mol. The Balaban J connectivity index is 1.38. The lowest BCUT2D eigenvalue weighted by molar-refractivity contribution is -0.198. The summed E-state index contributed by atoms with van der Waals surface area (Å²) in [5, 5.41) is 4.45. The molecule has 9 nitrogen and oxygen atoms in total. The number of benzene rings is 1. The lowest BCUT2D eigenvalue weighted by Gasteiger charge is -2.44. The van der Waals surface area contributed by atoms with Crippen LogP contribution < -0.4 is 10.5 Å². The number of nitrogens with two attached hydrogens (primary N) is 1. The van der Waals surface area contributed by atoms with Gasteiger partial charge in [0.15, 0.2) is 5.13 Å². The highest BCUT2D eigenvalue weighted by Crippen LogP contribution is 2.49. The Morgan fingerprint density at radius 3 is 2.85 bits per heavy atom. The minimum atomic E-state index is -0.918. The van der Waals surface area contributed by atoms with Crippen molar-refractivity contribution in [2.75, 3.05) is 13.7 Å². The standard InChI is InChI=1S/C24H28N6O3S/c1-23(2)11-16(6-9-31-23)20-12-24(28-21(25)29(3)33-24)17-10-15(4-5-19(17)32-20)18-13-34-22(27-18)30-8-7-26-14-30/h4-5,7-8,10,13-14,16,20H,6,9,11-12H2,1-3H3,(H2,25,28). The lowest BCUT2D eigenvalue weighted by atomic mass is 9.79. The van der Waals surface area contributed by atoms with Crippen LogP contribution in [-0.2, 0) is 15.3 Å². The van der Waals surface area contributed by atoms with E-state index < -0.39 is 5.72 Å². The molecule has 2 aromatic heterocycles. The molecule has 178 valence electrons. The van der Waals surface area contributed by atoms with Crippen LogP contribution in [0.4, 0.5) is 0 Å². The summed E-state index contributed by atoms with van der Waals surface area (Å²) in [6.45, 7) is 5.01. The second-order valence-electron chi connectivity index (χ2n) is 9.76. The van der Waals surface area contributed by atoms with Gasteiger partial charge in [0.05, 0.1) is 16.9 Å². The minimum Gasteiger partial charge on any atom is -0.489 e. The van der Waals surface area contributed by atoms with E-state index in [2.05, 4.69) is 24.9 Å². The number of hydrogen-bond donors (Lipinski definition) is 1. The van der Waals surface area contributed by atoms with Crippen LogP contribution in [0.25, 0.3) is 16.4 Å². The summed E-state index contributed by atoms with van der Waals surface area (Å²) in [7, 11) is 1.79. The van der Waals surface area contributed by atoms with Crippen molar-refractivity contribution < 1.29 is 14.3 Å². The van der Waals surface area contributed by atoms with Gasteiger partial charge in [-0.15, -0.1) is 11.3 Å². The molecule has 3 unspecified atom stereocenters. The smallest absolute Gasteiger partial charge is 0.221 e. The van der Waals surface area contributed by atoms with E-state index in [1.165, 1.54) is 0 Å². The predicted octanol–water partition coefficient (Wildman–Crippen LogP) is 3.70.